The molecule has 1 N–H and O–H groups in total. The standard InChI is InChI=1S/C30H34F7N3O3/c1-18-11-22(31)3-4-24(18)26-16-39(17-27(42)40-9-5-23(41)6-10-40)8-7-25(26)28(43)38(2)15-19-12-20(29(32,33)34)14-21(13-19)30(35,36)37/h3-4,11-14,23,25-26,41H,5-10,15-17H2,1-2H3. The first-order chi connectivity index (χ1) is 20.0. The van der Waals surface area contributed by atoms with Gasteiger partial charge in [-0.15, -0.1) is 0 Å². The van der Waals surface area contributed by atoms with Gasteiger partial charge in [-0.25, -0.2) is 4.39 Å². The van der Waals surface area contributed by atoms with Crippen molar-refractivity contribution in [2.45, 2.75) is 57.1 Å². The Labute approximate surface area is 245 Å². The number of amides is 2. The summed E-state index contributed by atoms with van der Waals surface area (Å²) in [6, 6.07) is 5.41. The predicted molar refractivity (Wildman–Crippen MR) is 143 cm³/mol. The van der Waals surface area contributed by atoms with Gasteiger partial charge < -0.3 is 14.9 Å². The van der Waals surface area contributed by atoms with Crippen molar-refractivity contribution < 1.29 is 45.4 Å². The molecule has 4 rings (SSSR count). The number of carbonyl (C=O) groups is 2. The fourth-order valence-corrected chi connectivity index (χ4v) is 5.98. The average Bonchev–Trinajstić information content (AvgIpc) is 2.92. The molecule has 0 bridgehead atoms. The molecule has 236 valence electrons. The number of benzene rings is 2. The number of hydrogen-bond donors (Lipinski definition) is 1. The summed E-state index contributed by atoms with van der Waals surface area (Å²) < 4.78 is 94.2. The van der Waals surface area contributed by atoms with Gasteiger partial charge in [-0.3, -0.25) is 14.5 Å². The summed E-state index contributed by atoms with van der Waals surface area (Å²) in [5.74, 6) is -2.28. The van der Waals surface area contributed by atoms with Crippen LogP contribution in [0.1, 0.15) is 53.0 Å². The number of nitrogens with zero attached hydrogens (tertiary/aromatic N) is 3. The van der Waals surface area contributed by atoms with Crippen molar-refractivity contribution in [3.63, 3.8) is 0 Å². The van der Waals surface area contributed by atoms with Gasteiger partial charge in [-0.1, -0.05) is 6.07 Å². The minimum Gasteiger partial charge on any atom is -0.393 e. The molecule has 2 aromatic carbocycles. The number of aliphatic hydroxyl groups excluding tert-OH is 1. The molecule has 2 saturated heterocycles. The summed E-state index contributed by atoms with van der Waals surface area (Å²) in [6.07, 6.45) is -9.22. The maximum Gasteiger partial charge on any atom is 0.416 e. The Balaban J connectivity index is 1.55. The molecule has 2 heterocycles. The van der Waals surface area contributed by atoms with Crippen LogP contribution >= 0.6 is 0 Å². The van der Waals surface area contributed by atoms with E-state index in [9.17, 15) is 45.4 Å². The van der Waals surface area contributed by atoms with Crippen LogP contribution in [0.2, 0.25) is 0 Å². The summed E-state index contributed by atoms with van der Waals surface area (Å²) >= 11 is 0. The Morgan fingerprint density at radius 1 is 0.930 bits per heavy atom. The molecule has 2 unspecified atom stereocenters. The third kappa shape index (κ3) is 8.05. The highest BCUT2D eigenvalue weighted by Crippen LogP contribution is 2.38. The monoisotopic (exact) mass is 617 g/mol. The molecule has 6 nitrogen and oxygen atoms in total. The van der Waals surface area contributed by atoms with Gasteiger partial charge in [0, 0.05) is 45.1 Å². The van der Waals surface area contributed by atoms with Crippen LogP contribution in [0.15, 0.2) is 36.4 Å². The van der Waals surface area contributed by atoms with E-state index in [2.05, 4.69) is 0 Å². The van der Waals surface area contributed by atoms with Gasteiger partial charge in [-0.2, -0.15) is 26.3 Å². The van der Waals surface area contributed by atoms with Gasteiger partial charge in [0.05, 0.1) is 23.8 Å². The summed E-state index contributed by atoms with van der Waals surface area (Å²) in [4.78, 5) is 31.4. The van der Waals surface area contributed by atoms with Crippen molar-refractivity contribution in [3.8, 4) is 0 Å². The fraction of sp³-hybridized carbons (Fsp3) is 0.533. The second kappa shape index (κ2) is 12.8. The molecular weight excluding hydrogens is 583 g/mol. The van der Waals surface area contributed by atoms with Gasteiger partial charge >= 0.3 is 12.4 Å². The van der Waals surface area contributed by atoms with Gasteiger partial charge in [0.2, 0.25) is 11.8 Å². The first kappa shape index (κ1) is 32.7. The lowest BCUT2D eigenvalue weighted by Crippen LogP contribution is -2.50. The van der Waals surface area contributed by atoms with Gasteiger partial charge in [0.15, 0.2) is 0 Å². The zero-order valence-electron chi connectivity index (χ0n) is 23.8. The molecule has 13 heteroatoms. The highest BCUT2D eigenvalue weighted by molar-refractivity contribution is 5.80. The molecule has 0 spiro atoms. The van der Waals surface area contributed by atoms with Crippen molar-refractivity contribution in [1.29, 1.82) is 0 Å². The highest BCUT2D eigenvalue weighted by atomic mass is 19.4. The lowest BCUT2D eigenvalue weighted by atomic mass is 9.78. The summed E-state index contributed by atoms with van der Waals surface area (Å²) in [5, 5.41) is 9.74. The molecule has 0 saturated carbocycles. The fourth-order valence-electron chi connectivity index (χ4n) is 5.98. The number of rotatable bonds is 6. The Bertz CT molecular complexity index is 1290. The zero-order chi connectivity index (χ0) is 31.7. The molecule has 0 aromatic heterocycles. The minimum absolute atomic E-state index is 0.0434. The predicted octanol–water partition coefficient (Wildman–Crippen LogP) is 5.22. The molecule has 2 aliphatic heterocycles. The van der Waals surface area contributed by atoms with Crippen molar-refractivity contribution in [3.05, 3.63) is 70.0 Å². The second-order valence-electron chi connectivity index (χ2n) is 11.5. The maximum atomic E-state index is 13.9. The molecule has 0 aliphatic carbocycles. The van der Waals surface area contributed by atoms with Gasteiger partial charge in [0.25, 0.3) is 0 Å². The molecule has 0 radical (unpaired) electrons. The normalized spacial score (nSPS) is 20.7. The van der Waals surface area contributed by atoms with E-state index in [-0.39, 0.29) is 37.0 Å². The van der Waals surface area contributed by atoms with Crippen molar-refractivity contribution in [2.24, 2.45) is 5.92 Å². The average molecular weight is 618 g/mol. The number of carbonyl (C=O) groups excluding carboxylic acids is 2. The summed E-state index contributed by atoms with van der Waals surface area (Å²) in [5.41, 5.74) is -1.98. The van der Waals surface area contributed by atoms with Crippen molar-refractivity contribution in [2.75, 3.05) is 39.8 Å². The number of aliphatic hydroxyl groups is 1. The Morgan fingerprint density at radius 2 is 1.53 bits per heavy atom. The van der Waals surface area contributed by atoms with Gasteiger partial charge in [-0.05, 0) is 79.8 Å². The molecule has 2 atom stereocenters. The largest absolute Gasteiger partial charge is 0.416 e. The zero-order valence-corrected chi connectivity index (χ0v) is 23.8. The van der Waals surface area contributed by atoms with Crippen LogP contribution in [0.4, 0.5) is 30.7 Å². The minimum atomic E-state index is -5.01. The number of aryl methyl sites for hydroxylation is 1. The van der Waals surface area contributed by atoms with E-state index < -0.39 is 59.7 Å². The topological polar surface area (TPSA) is 64.1 Å². The summed E-state index contributed by atoms with van der Waals surface area (Å²) in [7, 11) is 1.32. The first-order valence-electron chi connectivity index (χ1n) is 14.0. The van der Waals surface area contributed by atoms with Crippen molar-refractivity contribution in [1.82, 2.24) is 14.7 Å². The van der Waals surface area contributed by atoms with Crippen LogP contribution in [-0.2, 0) is 28.5 Å². The SMILES string of the molecule is Cc1cc(F)ccc1C1CN(CC(=O)N2CCC(O)CC2)CCC1C(=O)N(C)Cc1cc(C(F)(F)F)cc(C(F)(F)F)c1. The quantitative estimate of drug-likeness (QED) is 0.452. The second-order valence-corrected chi connectivity index (χ2v) is 11.5. The molecule has 2 aromatic rings. The number of hydrogen-bond acceptors (Lipinski definition) is 4. The highest BCUT2D eigenvalue weighted by Gasteiger charge is 2.40. The molecular formula is C30H34F7N3O3. The maximum absolute atomic E-state index is 13.9. The smallest absolute Gasteiger partial charge is 0.393 e. The van der Waals surface area contributed by atoms with Crippen LogP contribution < -0.4 is 0 Å². The van der Waals surface area contributed by atoms with E-state index in [4.69, 9.17) is 0 Å². The summed E-state index contributed by atoms with van der Waals surface area (Å²) in [6.45, 7) is 2.77. The van der Waals surface area contributed by atoms with E-state index in [1.54, 1.807) is 17.9 Å². The van der Waals surface area contributed by atoms with E-state index in [0.29, 0.717) is 55.7 Å². The number of piperidine rings is 2. The Morgan fingerprint density at radius 3 is 2.09 bits per heavy atom. The van der Waals surface area contributed by atoms with Crippen LogP contribution in [0.3, 0.4) is 0 Å². The first-order valence-corrected chi connectivity index (χ1v) is 14.0. The van der Waals surface area contributed by atoms with Gasteiger partial charge in [0.1, 0.15) is 5.82 Å². The van der Waals surface area contributed by atoms with E-state index in [1.165, 1.54) is 19.2 Å². The number of alkyl halides is 6. The van der Waals surface area contributed by atoms with Crippen molar-refractivity contribution >= 4 is 11.8 Å². The third-order valence-electron chi connectivity index (χ3n) is 8.26. The van der Waals surface area contributed by atoms with Crippen LogP contribution in [0.25, 0.3) is 0 Å². The molecule has 2 aliphatic rings. The Hall–Kier alpha value is -3.19. The van der Waals surface area contributed by atoms with Crippen LogP contribution in [-0.4, -0.2) is 77.5 Å². The van der Waals surface area contributed by atoms with E-state index in [1.807, 2.05) is 4.90 Å². The van der Waals surface area contributed by atoms with Crippen LogP contribution in [0, 0.1) is 18.7 Å². The Kier molecular flexibility index (Phi) is 9.75. The molecule has 2 amide bonds. The molecule has 43 heavy (non-hydrogen) atoms. The number of halogens is 7. The van der Waals surface area contributed by atoms with Crippen LogP contribution in [0.5, 0.6) is 0 Å². The lowest BCUT2D eigenvalue weighted by Gasteiger charge is -2.40. The third-order valence-corrected chi connectivity index (χ3v) is 8.26. The van der Waals surface area contributed by atoms with E-state index >= 15 is 0 Å². The molecule has 2 fully saturated rings. The lowest BCUT2D eigenvalue weighted by molar-refractivity contribution is -0.143. The number of likely N-dealkylation sites (tertiary alicyclic amines) is 2. The van der Waals surface area contributed by atoms with E-state index in [0.717, 1.165) is 4.90 Å².